The number of aromatic nitrogens is 1. The Morgan fingerprint density at radius 2 is 2.32 bits per heavy atom. The van der Waals surface area contributed by atoms with Gasteiger partial charge >= 0.3 is 0 Å². The number of nitrogens with one attached hydrogen (secondary N) is 1. The van der Waals surface area contributed by atoms with Gasteiger partial charge in [0.25, 0.3) is 5.91 Å². The third kappa shape index (κ3) is 2.22. The Labute approximate surface area is 129 Å². The average Bonchev–Trinajstić information content (AvgIpc) is 3.13. The first kappa shape index (κ1) is 14.5. The van der Waals surface area contributed by atoms with E-state index in [2.05, 4.69) is 16.2 Å². The van der Waals surface area contributed by atoms with Crippen molar-refractivity contribution in [3.63, 3.8) is 0 Å². The SMILES string of the molecule is CC1=NN(CC(=O)c2ccc[nH]2)C(=O)C1(C)[C@H]1C=CC=CC1. The number of carbonyl (C=O) groups is 2. The molecule has 0 fully saturated rings. The smallest absolute Gasteiger partial charge is 0.255 e. The van der Waals surface area contributed by atoms with E-state index in [1.54, 1.807) is 18.3 Å². The third-order valence-corrected chi connectivity index (χ3v) is 4.61. The standard InChI is InChI=1S/C17H19N3O2/c1-12-17(2,13-7-4-3-5-8-13)16(22)20(19-12)11-15(21)14-9-6-10-18-14/h3-7,9-10,13,18H,8,11H2,1-2H3/t13-,17?/m0/s1. The fourth-order valence-electron chi connectivity index (χ4n) is 3.02. The van der Waals surface area contributed by atoms with E-state index in [1.165, 1.54) is 5.01 Å². The first-order valence-corrected chi connectivity index (χ1v) is 7.41. The quantitative estimate of drug-likeness (QED) is 0.868. The summed E-state index contributed by atoms with van der Waals surface area (Å²) in [7, 11) is 0. The lowest BCUT2D eigenvalue weighted by Crippen LogP contribution is -2.43. The van der Waals surface area contributed by atoms with Crippen LogP contribution in [0.25, 0.3) is 0 Å². The highest BCUT2D eigenvalue weighted by atomic mass is 16.2. The molecule has 5 heteroatoms. The normalized spacial score (nSPS) is 27.4. The van der Waals surface area contributed by atoms with Crippen molar-refractivity contribution >= 4 is 17.4 Å². The van der Waals surface area contributed by atoms with E-state index in [1.807, 2.05) is 32.1 Å². The number of amides is 1. The molecule has 1 aliphatic carbocycles. The van der Waals surface area contributed by atoms with Gasteiger partial charge in [-0.25, -0.2) is 5.01 Å². The van der Waals surface area contributed by atoms with Crippen molar-refractivity contribution in [2.45, 2.75) is 20.3 Å². The predicted octanol–water partition coefficient (Wildman–Crippen LogP) is 2.55. The lowest BCUT2D eigenvalue weighted by atomic mass is 9.71. The largest absolute Gasteiger partial charge is 0.359 e. The van der Waals surface area contributed by atoms with E-state index in [0.717, 1.165) is 12.1 Å². The number of Topliss-reactive ketones (excluding diaryl/α,β-unsaturated/α-hetero) is 1. The zero-order chi connectivity index (χ0) is 15.7. The van der Waals surface area contributed by atoms with Crippen LogP contribution in [0.4, 0.5) is 0 Å². The number of rotatable bonds is 4. The van der Waals surface area contributed by atoms with Crippen LogP contribution in [0.1, 0.15) is 30.8 Å². The van der Waals surface area contributed by atoms with Crippen molar-refractivity contribution in [2.75, 3.05) is 6.54 Å². The number of allylic oxidation sites excluding steroid dienone is 4. The number of carbonyl (C=O) groups excluding carboxylic acids is 2. The van der Waals surface area contributed by atoms with Gasteiger partial charge in [0.15, 0.2) is 0 Å². The molecule has 2 heterocycles. The highest BCUT2D eigenvalue weighted by Gasteiger charge is 2.49. The number of H-pyrrole nitrogens is 1. The van der Waals surface area contributed by atoms with Crippen LogP contribution in [0, 0.1) is 11.3 Å². The summed E-state index contributed by atoms with van der Waals surface area (Å²) in [6.07, 6.45) is 10.6. The van der Waals surface area contributed by atoms with Gasteiger partial charge in [0.05, 0.1) is 16.8 Å². The summed E-state index contributed by atoms with van der Waals surface area (Å²) in [6.45, 7) is 3.75. The maximum atomic E-state index is 12.8. The van der Waals surface area contributed by atoms with Crippen molar-refractivity contribution in [2.24, 2.45) is 16.4 Å². The molecule has 1 aromatic rings. The molecule has 0 saturated heterocycles. The molecule has 0 saturated carbocycles. The summed E-state index contributed by atoms with van der Waals surface area (Å²) in [5, 5.41) is 5.67. The minimum Gasteiger partial charge on any atom is -0.359 e. The van der Waals surface area contributed by atoms with E-state index in [-0.39, 0.29) is 24.2 Å². The van der Waals surface area contributed by atoms with E-state index in [4.69, 9.17) is 0 Å². The molecule has 1 amide bonds. The fraction of sp³-hybridized carbons (Fsp3) is 0.353. The van der Waals surface area contributed by atoms with Gasteiger partial charge in [-0.2, -0.15) is 5.10 Å². The minimum absolute atomic E-state index is 0.0292. The summed E-state index contributed by atoms with van der Waals surface area (Å²) < 4.78 is 0. The van der Waals surface area contributed by atoms with Crippen LogP contribution < -0.4 is 0 Å². The highest BCUT2D eigenvalue weighted by Crippen LogP contribution is 2.40. The maximum absolute atomic E-state index is 12.8. The van der Waals surface area contributed by atoms with Crippen molar-refractivity contribution < 1.29 is 9.59 Å². The van der Waals surface area contributed by atoms with E-state index in [0.29, 0.717) is 5.69 Å². The molecule has 1 N–H and O–H groups in total. The molecule has 0 spiro atoms. The number of aromatic amines is 1. The van der Waals surface area contributed by atoms with Gasteiger partial charge in [0, 0.05) is 12.1 Å². The third-order valence-electron chi connectivity index (χ3n) is 4.61. The number of nitrogens with zero attached hydrogens (tertiary/aromatic N) is 2. The molecule has 0 bridgehead atoms. The molecule has 22 heavy (non-hydrogen) atoms. The van der Waals surface area contributed by atoms with E-state index >= 15 is 0 Å². The Bertz CT molecular complexity index is 685. The highest BCUT2D eigenvalue weighted by molar-refractivity contribution is 6.12. The van der Waals surface area contributed by atoms with E-state index in [9.17, 15) is 9.59 Å². The topological polar surface area (TPSA) is 65.5 Å². The molecule has 0 radical (unpaired) electrons. The Morgan fingerprint density at radius 1 is 1.50 bits per heavy atom. The zero-order valence-corrected chi connectivity index (χ0v) is 12.7. The Morgan fingerprint density at radius 3 is 2.95 bits per heavy atom. The average molecular weight is 297 g/mol. The van der Waals surface area contributed by atoms with Crippen molar-refractivity contribution in [3.8, 4) is 0 Å². The molecule has 0 aromatic carbocycles. The number of hydrazone groups is 1. The summed E-state index contributed by atoms with van der Waals surface area (Å²) in [5.41, 5.74) is 0.591. The molecule has 5 nitrogen and oxygen atoms in total. The number of hydrogen-bond acceptors (Lipinski definition) is 3. The summed E-state index contributed by atoms with van der Waals surface area (Å²) in [5.74, 6) is -0.160. The van der Waals surface area contributed by atoms with Gasteiger partial charge < -0.3 is 4.98 Å². The van der Waals surface area contributed by atoms with Gasteiger partial charge in [-0.1, -0.05) is 24.3 Å². The first-order chi connectivity index (χ1) is 10.5. The van der Waals surface area contributed by atoms with Crippen LogP contribution >= 0.6 is 0 Å². The molecule has 2 atom stereocenters. The van der Waals surface area contributed by atoms with Crippen LogP contribution in [0.2, 0.25) is 0 Å². The first-order valence-electron chi connectivity index (χ1n) is 7.41. The second-order valence-electron chi connectivity index (χ2n) is 5.91. The van der Waals surface area contributed by atoms with Crippen LogP contribution in [0.3, 0.4) is 0 Å². The number of ketones is 1. The lowest BCUT2D eigenvalue weighted by molar-refractivity contribution is -0.136. The van der Waals surface area contributed by atoms with Crippen molar-refractivity contribution in [3.05, 3.63) is 48.3 Å². The predicted molar refractivity (Wildman–Crippen MR) is 84.4 cm³/mol. The molecular formula is C17H19N3O2. The molecular weight excluding hydrogens is 278 g/mol. The van der Waals surface area contributed by atoms with Gasteiger partial charge in [-0.05, 0) is 32.4 Å². The van der Waals surface area contributed by atoms with Crippen LogP contribution in [0.5, 0.6) is 0 Å². The molecule has 1 aromatic heterocycles. The minimum atomic E-state index is -0.669. The van der Waals surface area contributed by atoms with Crippen LogP contribution in [-0.4, -0.2) is 33.9 Å². The molecule has 3 rings (SSSR count). The lowest BCUT2D eigenvalue weighted by Gasteiger charge is -2.31. The number of hydrogen-bond donors (Lipinski definition) is 1. The zero-order valence-electron chi connectivity index (χ0n) is 12.7. The van der Waals surface area contributed by atoms with Gasteiger partial charge in [-0.3, -0.25) is 9.59 Å². The van der Waals surface area contributed by atoms with Crippen molar-refractivity contribution in [1.29, 1.82) is 0 Å². The maximum Gasteiger partial charge on any atom is 0.255 e. The Balaban J connectivity index is 1.79. The van der Waals surface area contributed by atoms with Gasteiger partial charge in [0.1, 0.15) is 6.54 Å². The van der Waals surface area contributed by atoms with E-state index < -0.39 is 5.41 Å². The monoisotopic (exact) mass is 297 g/mol. The van der Waals surface area contributed by atoms with Crippen LogP contribution in [0.15, 0.2) is 47.7 Å². The summed E-state index contributed by atoms with van der Waals surface area (Å²) in [4.78, 5) is 27.9. The second kappa shape index (κ2) is 5.40. The second-order valence-corrected chi connectivity index (χ2v) is 5.91. The van der Waals surface area contributed by atoms with Gasteiger partial charge in [0.2, 0.25) is 5.78 Å². The van der Waals surface area contributed by atoms with Crippen molar-refractivity contribution in [1.82, 2.24) is 9.99 Å². The fourth-order valence-corrected chi connectivity index (χ4v) is 3.02. The molecule has 2 aliphatic rings. The molecule has 114 valence electrons. The summed E-state index contributed by atoms with van der Waals surface area (Å²) in [6, 6.07) is 3.46. The van der Waals surface area contributed by atoms with Crippen LogP contribution in [-0.2, 0) is 4.79 Å². The van der Waals surface area contributed by atoms with Gasteiger partial charge in [-0.15, -0.1) is 0 Å². The molecule has 1 aliphatic heterocycles. The summed E-state index contributed by atoms with van der Waals surface area (Å²) >= 11 is 0. The Kier molecular flexibility index (Phi) is 3.56. The molecule has 1 unspecified atom stereocenters. The Hall–Kier alpha value is -2.43.